The zero-order chi connectivity index (χ0) is 6.69. The first-order chi connectivity index (χ1) is 4.30. The third-order valence-corrected chi connectivity index (χ3v) is 1.18. The number of benzene rings is 1. The smallest absolute Gasteiger partial charge is 0.159 e. The summed E-state index contributed by atoms with van der Waals surface area (Å²) in [5.74, 6) is 0.121. The number of carbonyl (C=O) groups is 1. The van der Waals surface area contributed by atoms with E-state index in [2.05, 4.69) is 0 Å². The van der Waals surface area contributed by atoms with Crippen LogP contribution < -0.4 is 0 Å². The van der Waals surface area contributed by atoms with Gasteiger partial charge in [0.2, 0.25) is 0 Å². The average Bonchev–Trinajstić information content (AvgIpc) is 1.90. The minimum Gasteiger partial charge on any atom is -0.295 e. The highest BCUT2D eigenvalue weighted by Gasteiger charge is 1.92. The highest BCUT2D eigenvalue weighted by atomic mass is 127. The second-order valence-corrected chi connectivity index (χ2v) is 1.92. The van der Waals surface area contributed by atoms with Gasteiger partial charge in [0.1, 0.15) is 0 Å². The Morgan fingerprint density at radius 2 is 1.70 bits per heavy atom. The molecule has 0 saturated heterocycles. The molecule has 10 heavy (non-hydrogen) atoms. The topological polar surface area (TPSA) is 17.1 Å². The Hall–Kier alpha value is -0.380. The summed E-state index contributed by atoms with van der Waals surface area (Å²) in [6, 6.07) is 9.23. The van der Waals surface area contributed by atoms with Crippen LogP contribution in [0.5, 0.6) is 0 Å². The molecular weight excluding hydrogens is 239 g/mol. The van der Waals surface area contributed by atoms with Gasteiger partial charge in [0.05, 0.1) is 0 Å². The summed E-state index contributed by atoms with van der Waals surface area (Å²) in [4.78, 5) is 10.6. The Labute approximate surface area is 77.5 Å². The maximum atomic E-state index is 10.6. The number of ketones is 1. The van der Waals surface area contributed by atoms with Gasteiger partial charge in [-0.25, -0.2) is 0 Å². The molecule has 0 spiro atoms. The first kappa shape index (κ1) is 9.62. The van der Waals surface area contributed by atoms with E-state index in [9.17, 15) is 4.79 Å². The Bertz CT molecular complexity index is 206. The van der Waals surface area contributed by atoms with Gasteiger partial charge in [0, 0.05) is 5.56 Å². The third kappa shape index (κ3) is 2.47. The van der Waals surface area contributed by atoms with E-state index >= 15 is 0 Å². The molecule has 1 aromatic carbocycles. The monoisotopic (exact) mass is 248 g/mol. The lowest BCUT2D eigenvalue weighted by molar-refractivity contribution is 0.101. The fourth-order valence-corrected chi connectivity index (χ4v) is 0.673. The molecule has 0 bridgehead atoms. The molecule has 1 nitrogen and oxygen atoms in total. The van der Waals surface area contributed by atoms with E-state index in [0.717, 1.165) is 5.56 Å². The Morgan fingerprint density at radius 3 is 2.00 bits per heavy atom. The highest BCUT2D eigenvalue weighted by Crippen LogP contribution is 1.97. The van der Waals surface area contributed by atoms with Crippen molar-refractivity contribution in [3.63, 3.8) is 0 Å². The van der Waals surface area contributed by atoms with Crippen molar-refractivity contribution in [3.05, 3.63) is 35.9 Å². The predicted molar refractivity (Wildman–Crippen MR) is 51.9 cm³/mol. The van der Waals surface area contributed by atoms with E-state index in [4.69, 9.17) is 0 Å². The maximum absolute atomic E-state index is 10.6. The number of hydrogen-bond acceptors (Lipinski definition) is 1. The first-order valence-electron chi connectivity index (χ1n) is 2.86. The molecule has 0 N–H and O–H groups in total. The van der Waals surface area contributed by atoms with Gasteiger partial charge < -0.3 is 0 Å². The van der Waals surface area contributed by atoms with Gasteiger partial charge in [0.25, 0.3) is 0 Å². The number of halogens is 1. The van der Waals surface area contributed by atoms with Gasteiger partial charge in [-0.05, 0) is 6.92 Å². The molecule has 1 aromatic rings. The standard InChI is InChI=1S/C8H8O.HI/c1-7(9)8-5-3-2-4-6-8;/h2-6H,1H3;1H. The SMILES string of the molecule is CC(=O)c1ccccc1.I. The highest BCUT2D eigenvalue weighted by molar-refractivity contribution is 14.0. The summed E-state index contributed by atoms with van der Waals surface area (Å²) in [5.41, 5.74) is 0.775. The number of carbonyl (C=O) groups excluding carboxylic acids is 1. The van der Waals surface area contributed by atoms with Crippen molar-refractivity contribution < 1.29 is 4.79 Å². The predicted octanol–water partition coefficient (Wildman–Crippen LogP) is 2.51. The largest absolute Gasteiger partial charge is 0.295 e. The Kier molecular flexibility index (Phi) is 4.27. The van der Waals surface area contributed by atoms with Crippen molar-refractivity contribution in [2.24, 2.45) is 0 Å². The summed E-state index contributed by atoms with van der Waals surface area (Å²) in [5, 5.41) is 0. The molecule has 2 heteroatoms. The molecule has 0 aliphatic carbocycles. The molecule has 0 heterocycles. The molecule has 0 radical (unpaired) electrons. The summed E-state index contributed by atoms with van der Waals surface area (Å²) in [6.45, 7) is 1.56. The van der Waals surface area contributed by atoms with E-state index in [1.807, 2.05) is 30.3 Å². The summed E-state index contributed by atoms with van der Waals surface area (Å²) >= 11 is 0. The summed E-state index contributed by atoms with van der Waals surface area (Å²) < 4.78 is 0. The maximum Gasteiger partial charge on any atom is 0.159 e. The second-order valence-electron chi connectivity index (χ2n) is 1.92. The molecule has 0 atom stereocenters. The van der Waals surface area contributed by atoms with Crippen molar-refractivity contribution in [2.75, 3.05) is 0 Å². The normalized spacial score (nSPS) is 8.10. The van der Waals surface area contributed by atoms with Crippen LogP contribution in [0.15, 0.2) is 30.3 Å². The van der Waals surface area contributed by atoms with Gasteiger partial charge >= 0.3 is 0 Å². The second kappa shape index (κ2) is 4.44. The fourth-order valence-electron chi connectivity index (χ4n) is 0.673. The quantitative estimate of drug-likeness (QED) is 0.551. The van der Waals surface area contributed by atoms with Crippen LogP contribution in [-0.2, 0) is 0 Å². The van der Waals surface area contributed by atoms with Crippen LogP contribution in [0.1, 0.15) is 17.3 Å². The number of hydrogen-bond donors (Lipinski definition) is 0. The average molecular weight is 248 g/mol. The van der Waals surface area contributed by atoms with Crippen LogP contribution >= 0.6 is 24.0 Å². The molecule has 0 fully saturated rings. The van der Waals surface area contributed by atoms with Gasteiger partial charge in [-0.15, -0.1) is 24.0 Å². The molecule has 0 amide bonds. The number of Topliss-reactive ketones (excluding diaryl/α,β-unsaturated/α-hetero) is 1. The lowest BCUT2D eigenvalue weighted by Gasteiger charge is -1.89. The van der Waals surface area contributed by atoms with E-state index in [1.54, 1.807) is 6.92 Å². The lowest BCUT2D eigenvalue weighted by Crippen LogP contribution is -1.88. The van der Waals surface area contributed by atoms with Crippen LogP contribution in [0.25, 0.3) is 0 Å². The van der Waals surface area contributed by atoms with E-state index in [-0.39, 0.29) is 29.8 Å². The first-order valence-corrected chi connectivity index (χ1v) is 2.86. The van der Waals surface area contributed by atoms with Crippen LogP contribution in [0.2, 0.25) is 0 Å². The van der Waals surface area contributed by atoms with Crippen molar-refractivity contribution in [1.82, 2.24) is 0 Å². The van der Waals surface area contributed by atoms with Gasteiger partial charge in [-0.1, -0.05) is 30.3 Å². The van der Waals surface area contributed by atoms with Crippen molar-refractivity contribution in [1.29, 1.82) is 0 Å². The molecule has 1 rings (SSSR count). The van der Waals surface area contributed by atoms with E-state index in [0.29, 0.717) is 0 Å². The Balaban J connectivity index is 0.000000810. The molecule has 0 saturated carbocycles. The fraction of sp³-hybridized carbons (Fsp3) is 0.125. The molecular formula is C8H9IO. The van der Waals surface area contributed by atoms with E-state index in [1.165, 1.54) is 0 Å². The summed E-state index contributed by atoms with van der Waals surface area (Å²) in [6.07, 6.45) is 0. The molecule has 54 valence electrons. The van der Waals surface area contributed by atoms with Crippen LogP contribution in [-0.4, -0.2) is 5.78 Å². The van der Waals surface area contributed by atoms with Gasteiger partial charge in [-0.2, -0.15) is 0 Å². The Morgan fingerprint density at radius 1 is 1.20 bits per heavy atom. The van der Waals surface area contributed by atoms with E-state index < -0.39 is 0 Å². The van der Waals surface area contributed by atoms with Gasteiger partial charge in [0.15, 0.2) is 5.78 Å². The minimum absolute atomic E-state index is 0. The zero-order valence-corrected chi connectivity index (χ0v) is 8.03. The van der Waals surface area contributed by atoms with Crippen molar-refractivity contribution in [3.8, 4) is 0 Å². The summed E-state index contributed by atoms with van der Waals surface area (Å²) in [7, 11) is 0. The van der Waals surface area contributed by atoms with Crippen LogP contribution in [0.3, 0.4) is 0 Å². The van der Waals surface area contributed by atoms with Crippen molar-refractivity contribution >= 4 is 29.8 Å². The van der Waals surface area contributed by atoms with Gasteiger partial charge in [-0.3, -0.25) is 4.79 Å². The van der Waals surface area contributed by atoms with Crippen LogP contribution in [0.4, 0.5) is 0 Å². The molecule has 0 aromatic heterocycles. The molecule has 0 unspecified atom stereocenters. The minimum atomic E-state index is 0. The third-order valence-electron chi connectivity index (χ3n) is 1.18. The lowest BCUT2D eigenvalue weighted by atomic mass is 10.2. The van der Waals surface area contributed by atoms with Crippen molar-refractivity contribution in [2.45, 2.75) is 6.92 Å². The molecule has 0 aliphatic heterocycles. The van der Waals surface area contributed by atoms with Crippen LogP contribution in [0, 0.1) is 0 Å². The zero-order valence-electron chi connectivity index (χ0n) is 5.70. The molecule has 0 aliphatic rings. The number of rotatable bonds is 1.